The molecule has 0 spiro atoms. The SMILES string of the molecule is NCC(c1ccccn1)C(O)C1CC1c1ccccc1. The molecule has 4 unspecified atom stereocenters. The van der Waals surface area contributed by atoms with Crippen LogP contribution in [0.5, 0.6) is 0 Å². The molecule has 3 nitrogen and oxygen atoms in total. The van der Waals surface area contributed by atoms with Crippen LogP contribution in [0.4, 0.5) is 0 Å². The molecule has 0 amide bonds. The second-order valence-electron chi connectivity index (χ2n) is 5.50. The summed E-state index contributed by atoms with van der Waals surface area (Å²) in [5.41, 5.74) is 8.06. The second-order valence-corrected chi connectivity index (χ2v) is 5.50. The number of benzene rings is 1. The zero-order valence-electron chi connectivity index (χ0n) is 11.4. The third kappa shape index (κ3) is 2.60. The van der Waals surface area contributed by atoms with E-state index in [1.807, 2.05) is 24.3 Å². The van der Waals surface area contributed by atoms with Crippen LogP contribution < -0.4 is 5.73 Å². The van der Waals surface area contributed by atoms with Crippen LogP contribution in [0.3, 0.4) is 0 Å². The van der Waals surface area contributed by atoms with E-state index >= 15 is 0 Å². The zero-order chi connectivity index (χ0) is 13.9. The molecule has 0 radical (unpaired) electrons. The molecule has 1 fully saturated rings. The molecule has 1 aliphatic rings. The maximum atomic E-state index is 10.6. The first-order valence-corrected chi connectivity index (χ1v) is 7.15. The highest BCUT2D eigenvalue weighted by molar-refractivity contribution is 5.27. The highest BCUT2D eigenvalue weighted by Crippen LogP contribution is 2.51. The Balaban J connectivity index is 1.72. The van der Waals surface area contributed by atoms with Crippen molar-refractivity contribution in [3.8, 4) is 0 Å². The van der Waals surface area contributed by atoms with Gasteiger partial charge in [0.2, 0.25) is 0 Å². The van der Waals surface area contributed by atoms with E-state index in [1.54, 1.807) is 6.20 Å². The minimum absolute atomic E-state index is 0.0742. The van der Waals surface area contributed by atoms with Crippen molar-refractivity contribution in [2.24, 2.45) is 11.7 Å². The molecule has 104 valence electrons. The van der Waals surface area contributed by atoms with Crippen LogP contribution in [-0.4, -0.2) is 22.7 Å². The van der Waals surface area contributed by atoms with E-state index in [-0.39, 0.29) is 5.92 Å². The first kappa shape index (κ1) is 13.3. The van der Waals surface area contributed by atoms with Crippen LogP contribution in [0.2, 0.25) is 0 Å². The van der Waals surface area contributed by atoms with Crippen LogP contribution >= 0.6 is 0 Å². The van der Waals surface area contributed by atoms with E-state index in [0.717, 1.165) is 12.1 Å². The predicted molar refractivity (Wildman–Crippen MR) is 79.3 cm³/mol. The fourth-order valence-corrected chi connectivity index (χ4v) is 3.00. The van der Waals surface area contributed by atoms with Gasteiger partial charge in [-0.05, 0) is 36.0 Å². The molecular formula is C17H20N2O. The normalized spacial score (nSPS) is 24.1. The van der Waals surface area contributed by atoms with Crippen LogP contribution in [0.25, 0.3) is 0 Å². The number of hydrogen-bond acceptors (Lipinski definition) is 3. The van der Waals surface area contributed by atoms with Crippen molar-refractivity contribution in [2.75, 3.05) is 6.54 Å². The minimum atomic E-state index is -0.417. The number of aliphatic hydroxyl groups is 1. The van der Waals surface area contributed by atoms with Crippen LogP contribution in [0.1, 0.15) is 29.5 Å². The largest absolute Gasteiger partial charge is 0.392 e. The van der Waals surface area contributed by atoms with E-state index in [0.29, 0.717) is 18.4 Å². The second kappa shape index (κ2) is 5.73. The number of rotatable bonds is 5. The van der Waals surface area contributed by atoms with Crippen molar-refractivity contribution >= 4 is 0 Å². The smallest absolute Gasteiger partial charge is 0.0670 e. The summed E-state index contributed by atoms with van der Waals surface area (Å²) < 4.78 is 0. The van der Waals surface area contributed by atoms with Crippen molar-refractivity contribution in [1.82, 2.24) is 4.98 Å². The fraction of sp³-hybridized carbons (Fsp3) is 0.353. The minimum Gasteiger partial charge on any atom is -0.392 e. The van der Waals surface area contributed by atoms with Gasteiger partial charge < -0.3 is 10.8 Å². The first-order chi connectivity index (χ1) is 9.81. The topological polar surface area (TPSA) is 59.1 Å². The van der Waals surface area contributed by atoms with Crippen molar-refractivity contribution in [3.05, 3.63) is 66.0 Å². The highest BCUT2D eigenvalue weighted by Gasteiger charge is 2.46. The van der Waals surface area contributed by atoms with Crippen molar-refractivity contribution < 1.29 is 5.11 Å². The molecule has 0 saturated heterocycles. The molecule has 1 heterocycles. The average molecular weight is 268 g/mol. The van der Waals surface area contributed by atoms with Crippen molar-refractivity contribution in [3.63, 3.8) is 0 Å². The Morgan fingerprint density at radius 2 is 1.90 bits per heavy atom. The van der Waals surface area contributed by atoms with Gasteiger partial charge >= 0.3 is 0 Å². The van der Waals surface area contributed by atoms with Gasteiger partial charge in [-0.15, -0.1) is 0 Å². The van der Waals surface area contributed by atoms with Crippen molar-refractivity contribution in [1.29, 1.82) is 0 Å². The number of nitrogens with two attached hydrogens (primary N) is 1. The quantitative estimate of drug-likeness (QED) is 0.874. The number of hydrogen-bond donors (Lipinski definition) is 2. The van der Waals surface area contributed by atoms with Gasteiger partial charge in [-0.25, -0.2) is 0 Å². The lowest BCUT2D eigenvalue weighted by atomic mass is 9.92. The van der Waals surface area contributed by atoms with E-state index < -0.39 is 6.10 Å². The Kier molecular flexibility index (Phi) is 3.81. The Morgan fingerprint density at radius 3 is 2.55 bits per heavy atom. The predicted octanol–water partition coefficient (Wildman–Crippen LogP) is 2.29. The molecule has 1 aliphatic carbocycles. The number of aromatic nitrogens is 1. The molecule has 0 aliphatic heterocycles. The maximum absolute atomic E-state index is 10.6. The molecule has 1 saturated carbocycles. The summed E-state index contributed by atoms with van der Waals surface area (Å²) in [5, 5.41) is 10.6. The highest BCUT2D eigenvalue weighted by atomic mass is 16.3. The van der Waals surface area contributed by atoms with Gasteiger partial charge in [0.05, 0.1) is 6.10 Å². The lowest BCUT2D eigenvalue weighted by Gasteiger charge is -2.21. The maximum Gasteiger partial charge on any atom is 0.0670 e. The lowest BCUT2D eigenvalue weighted by Crippen LogP contribution is -2.28. The first-order valence-electron chi connectivity index (χ1n) is 7.15. The number of aliphatic hydroxyl groups excluding tert-OH is 1. The summed E-state index contributed by atoms with van der Waals surface area (Å²) in [7, 11) is 0. The monoisotopic (exact) mass is 268 g/mol. The Labute approximate surface area is 119 Å². The van der Waals surface area contributed by atoms with E-state index in [9.17, 15) is 5.11 Å². The van der Waals surface area contributed by atoms with Crippen LogP contribution in [0, 0.1) is 5.92 Å². The molecule has 3 N–H and O–H groups in total. The van der Waals surface area contributed by atoms with E-state index in [4.69, 9.17) is 5.73 Å². The molecule has 3 heteroatoms. The van der Waals surface area contributed by atoms with Crippen molar-refractivity contribution in [2.45, 2.75) is 24.4 Å². The summed E-state index contributed by atoms with van der Waals surface area (Å²) in [6, 6.07) is 16.2. The summed E-state index contributed by atoms with van der Waals surface area (Å²) in [6.07, 6.45) is 2.38. The molecule has 3 rings (SSSR count). The van der Waals surface area contributed by atoms with Crippen LogP contribution in [-0.2, 0) is 0 Å². The third-order valence-corrected chi connectivity index (χ3v) is 4.24. The molecule has 4 atom stereocenters. The summed E-state index contributed by atoms with van der Waals surface area (Å²) >= 11 is 0. The molecule has 2 aromatic rings. The lowest BCUT2D eigenvalue weighted by molar-refractivity contribution is 0.119. The summed E-state index contributed by atoms with van der Waals surface area (Å²) in [5.74, 6) is 0.687. The van der Waals surface area contributed by atoms with E-state index in [1.165, 1.54) is 5.56 Å². The molecule has 1 aromatic heterocycles. The number of pyridine rings is 1. The Hall–Kier alpha value is -1.71. The van der Waals surface area contributed by atoms with Gasteiger partial charge in [-0.3, -0.25) is 4.98 Å². The Bertz CT molecular complexity index is 543. The molecule has 1 aromatic carbocycles. The molecular weight excluding hydrogens is 248 g/mol. The molecule has 0 bridgehead atoms. The van der Waals surface area contributed by atoms with Gasteiger partial charge in [0.15, 0.2) is 0 Å². The number of nitrogens with zero attached hydrogens (tertiary/aromatic N) is 1. The summed E-state index contributed by atoms with van der Waals surface area (Å²) in [4.78, 5) is 4.34. The van der Waals surface area contributed by atoms with Gasteiger partial charge in [0, 0.05) is 24.4 Å². The van der Waals surface area contributed by atoms with Gasteiger partial charge in [-0.2, -0.15) is 0 Å². The third-order valence-electron chi connectivity index (χ3n) is 4.24. The standard InChI is InChI=1S/C17H20N2O/c18-11-15(16-8-4-5-9-19-16)17(20)14-10-13(14)12-6-2-1-3-7-12/h1-9,13-15,17,20H,10-11,18H2. The van der Waals surface area contributed by atoms with Gasteiger partial charge in [-0.1, -0.05) is 36.4 Å². The van der Waals surface area contributed by atoms with Crippen LogP contribution in [0.15, 0.2) is 54.7 Å². The van der Waals surface area contributed by atoms with E-state index in [2.05, 4.69) is 29.2 Å². The summed E-state index contributed by atoms with van der Waals surface area (Å²) in [6.45, 7) is 0.427. The van der Waals surface area contributed by atoms with Gasteiger partial charge in [0.1, 0.15) is 0 Å². The van der Waals surface area contributed by atoms with Gasteiger partial charge in [0.25, 0.3) is 0 Å². The molecule has 20 heavy (non-hydrogen) atoms. The fourth-order valence-electron chi connectivity index (χ4n) is 3.00. The zero-order valence-corrected chi connectivity index (χ0v) is 11.4. The Morgan fingerprint density at radius 1 is 1.15 bits per heavy atom. The average Bonchev–Trinajstić information content (AvgIpc) is 3.30.